The molecular formula is C10H12ClF3N2O2. The topological polar surface area (TPSA) is 44.1 Å². The number of ether oxygens (including phenoxy) is 1. The van der Waals surface area contributed by atoms with Gasteiger partial charge in [-0.1, -0.05) is 18.5 Å². The second kappa shape index (κ2) is 6.19. The summed E-state index contributed by atoms with van der Waals surface area (Å²) in [7, 11) is 0. The molecule has 1 rings (SSSR count). The van der Waals surface area contributed by atoms with Gasteiger partial charge in [-0.25, -0.2) is 4.98 Å². The van der Waals surface area contributed by atoms with Crippen molar-refractivity contribution in [2.75, 3.05) is 13.2 Å². The zero-order valence-corrected chi connectivity index (χ0v) is 10.4. The fourth-order valence-electron chi connectivity index (χ4n) is 1.38. The largest absolute Gasteiger partial charge is 0.411 e. The van der Waals surface area contributed by atoms with E-state index in [1.54, 1.807) is 6.92 Å². The van der Waals surface area contributed by atoms with Crippen molar-refractivity contribution in [1.29, 1.82) is 0 Å². The minimum atomic E-state index is -4.36. The van der Waals surface area contributed by atoms with Crippen LogP contribution in [0, 0.1) is 0 Å². The van der Waals surface area contributed by atoms with Crippen LogP contribution in [0.1, 0.15) is 12.7 Å². The second-order valence-electron chi connectivity index (χ2n) is 3.51. The van der Waals surface area contributed by atoms with Gasteiger partial charge in [-0.2, -0.15) is 13.2 Å². The van der Waals surface area contributed by atoms with Gasteiger partial charge in [0.15, 0.2) is 0 Å². The summed E-state index contributed by atoms with van der Waals surface area (Å²) in [5.74, 6) is 0.420. The third-order valence-corrected chi connectivity index (χ3v) is 2.29. The van der Waals surface area contributed by atoms with Crippen LogP contribution in [0.2, 0.25) is 5.15 Å². The van der Waals surface area contributed by atoms with E-state index >= 15 is 0 Å². The number of alkyl halides is 3. The Morgan fingerprint density at radius 3 is 2.72 bits per heavy atom. The molecule has 0 radical (unpaired) electrons. The average Bonchev–Trinajstić information content (AvgIpc) is 2.24. The Hall–Kier alpha value is -1.08. The first-order chi connectivity index (χ1) is 8.33. The van der Waals surface area contributed by atoms with Crippen molar-refractivity contribution in [3.05, 3.63) is 27.4 Å². The van der Waals surface area contributed by atoms with E-state index in [-0.39, 0.29) is 18.3 Å². The van der Waals surface area contributed by atoms with Crippen molar-refractivity contribution in [3.8, 4) is 0 Å². The highest BCUT2D eigenvalue weighted by atomic mass is 35.5. The molecule has 1 aromatic rings. The molecule has 0 aliphatic rings. The van der Waals surface area contributed by atoms with Crippen LogP contribution in [0.5, 0.6) is 0 Å². The molecule has 102 valence electrons. The van der Waals surface area contributed by atoms with Gasteiger partial charge in [0.2, 0.25) is 0 Å². The summed E-state index contributed by atoms with van der Waals surface area (Å²) in [6.07, 6.45) is -3.91. The molecule has 0 saturated carbocycles. The first-order valence-electron chi connectivity index (χ1n) is 5.24. The molecule has 18 heavy (non-hydrogen) atoms. The highest BCUT2D eigenvalue weighted by molar-refractivity contribution is 6.29. The van der Waals surface area contributed by atoms with Crippen LogP contribution >= 0.6 is 11.6 Å². The molecule has 1 heterocycles. The zero-order chi connectivity index (χ0) is 13.8. The van der Waals surface area contributed by atoms with E-state index in [0.717, 1.165) is 6.07 Å². The minimum absolute atomic E-state index is 0.0161. The molecule has 8 heteroatoms. The number of nitrogens with zero attached hydrogens (tertiary/aromatic N) is 2. The number of aryl methyl sites for hydroxylation is 1. The van der Waals surface area contributed by atoms with Crippen molar-refractivity contribution < 1.29 is 17.9 Å². The fourth-order valence-corrected chi connectivity index (χ4v) is 1.57. The number of aromatic nitrogens is 2. The van der Waals surface area contributed by atoms with Gasteiger partial charge in [0.1, 0.15) is 17.6 Å². The normalized spacial score (nSPS) is 11.8. The maximum Gasteiger partial charge on any atom is 0.411 e. The van der Waals surface area contributed by atoms with Crippen LogP contribution in [-0.4, -0.2) is 28.9 Å². The van der Waals surface area contributed by atoms with Crippen molar-refractivity contribution in [3.63, 3.8) is 0 Å². The van der Waals surface area contributed by atoms with Gasteiger partial charge >= 0.3 is 6.18 Å². The van der Waals surface area contributed by atoms with Crippen LogP contribution in [0.4, 0.5) is 13.2 Å². The lowest BCUT2D eigenvalue weighted by molar-refractivity contribution is -0.174. The maximum atomic E-state index is 11.8. The minimum Gasteiger partial charge on any atom is -0.370 e. The molecule has 4 nitrogen and oxygen atoms in total. The third-order valence-electron chi connectivity index (χ3n) is 2.10. The van der Waals surface area contributed by atoms with Gasteiger partial charge in [0.05, 0.1) is 13.2 Å². The monoisotopic (exact) mass is 284 g/mol. The zero-order valence-electron chi connectivity index (χ0n) is 9.63. The lowest BCUT2D eigenvalue weighted by Crippen LogP contribution is -2.27. The molecule has 0 N–H and O–H groups in total. The predicted molar refractivity (Wildman–Crippen MR) is 59.8 cm³/mol. The Morgan fingerprint density at radius 1 is 1.50 bits per heavy atom. The SMILES string of the molecule is CCc1nc(Cl)cc(=O)n1CCOCC(F)(F)F. The quantitative estimate of drug-likeness (QED) is 0.614. The van der Waals surface area contributed by atoms with Gasteiger partial charge in [0.25, 0.3) is 5.56 Å². The Balaban J connectivity index is 2.65. The van der Waals surface area contributed by atoms with E-state index in [0.29, 0.717) is 12.2 Å². The van der Waals surface area contributed by atoms with Gasteiger partial charge in [-0.3, -0.25) is 9.36 Å². The van der Waals surface area contributed by atoms with Crippen molar-refractivity contribution in [2.24, 2.45) is 0 Å². The standard InChI is InChI=1S/C10H12ClF3N2O2/c1-2-8-15-7(11)5-9(17)16(8)3-4-18-6-10(12,13)14/h5H,2-4,6H2,1H3. The number of hydrogen-bond donors (Lipinski definition) is 0. The third kappa shape index (κ3) is 4.66. The Labute approximate surface area is 106 Å². The molecule has 0 aliphatic carbocycles. The lowest BCUT2D eigenvalue weighted by Gasteiger charge is -2.12. The van der Waals surface area contributed by atoms with Crippen LogP contribution in [0.15, 0.2) is 10.9 Å². The first kappa shape index (κ1) is 15.0. The Morgan fingerprint density at radius 2 is 2.17 bits per heavy atom. The summed E-state index contributed by atoms with van der Waals surface area (Å²) >= 11 is 5.62. The lowest BCUT2D eigenvalue weighted by atomic mass is 10.4. The van der Waals surface area contributed by atoms with Crippen molar-refractivity contribution >= 4 is 11.6 Å². The van der Waals surface area contributed by atoms with Crippen molar-refractivity contribution in [1.82, 2.24) is 9.55 Å². The van der Waals surface area contributed by atoms with E-state index in [4.69, 9.17) is 11.6 Å². The van der Waals surface area contributed by atoms with E-state index in [2.05, 4.69) is 9.72 Å². The van der Waals surface area contributed by atoms with Gasteiger partial charge in [0, 0.05) is 12.5 Å². The molecule has 0 aromatic carbocycles. The van der Waals surface area contributed by atoms with Crippen LogP contribution in [-0.2, 0) is 17.7 Å². The highest BCUT2D eigenvalue weighted by Gasteiger charge is 2.27. The van der Waals surface area contributed by atoms with E-state index < -0.39 is 18.3 Å². The van der Waals surface area contributed by atoms with Crippen LogP contribution in [0.25, 0.3) is 0 Å². The second-order valence-corrected chi connectivity index (χ2v) is 3.89. The summed E-state index contributed by atoms with van der Waals surface area (Å²) in [5, 5.41) is 0.0734. The van der Waals surface area contributed by atoms with Gasteiger partial charge in [-0.05, 0) is 0 Å². The molecule has 0 fully saturated rings. The van der Waals surface area contributed by atoms with E-state index in [9.17, 15) is 18.0 Å². The number of rotatable bonds is 5. The molecule has 1 aromatic heterocycles. The number of hydrogen-bond acceptors (Lipinski definition) is 3. The molecule has 0 spiro atoms. The summed E-state index contributed by atoms with van der Waals surface area (Å²) in [5.41, 5.74) is -0.401. The molecule has 0 aliphatic heterocycles. The Bertz CT molecular complexity index is 459. The first-order valence-corrected chi connectivity index (χ1v) is 5.62. The summed E-state index contributed by atoms with van der Waals surface area (Å²) in [6.45, 7) is 0.243. The highest BCUT2D eigenvalue weighted by Crippen LogP contribution is 2.14. The smallest absolute Gasteiger partial charge is 0.370 e. The molecule has 0 amide bonds. The average molecular weight is 285 g/mol. The molecule has 0 atom stereocenters. The van der Waals surface area contributed by atoms with Crippen LogP contribution < -0.4 is 5.56 Å². The maximum absolute atomic E-state index is 11.8. The van der Waals surface area contributed by atoms with Crippen LogP contribution in [0.3, 0.4) is 0 Å². The summed E-state index contributed by atoms with van der Waals surface area (Å²) in [6, 6.07) is 1.12. The molecular weight excluding hydrogens is 273 g/mol. The van der Waals surface area contributed by atoms with E-state index in [1.165, 1.54) is 4.57 Å². The van der Waals surface area contributed by atoms with Gasteiger partial charge < -0.3 is 4.74 Å². The number of halogens is 4. The predicted octanol–water partition coefficient (Wildman–Crippen LogP) is 2.04. The van der Waals surface area contributed by atoms with E-state index in [1.807, 2.05) is 0 Å². The molecule has 0 saturated heterocycles. The summed E-state index contributed by atoms with van der Waals surface area (Å²) in [4.78, 5) is 15.5. The fraction of sp³-hybridized carbons (Fsp3) is 0.600. The molecule has 0 bridgehead atoms. The Kier molecular flexibility index (Phi) is 5.15. The van der Waals surface area contributed by atoms with Crippen molar-refractivity contribution in [2.45, 2.75) is 26.1 Å². The molecule has 0 unspecified atom stereocenters. The van der Waals surface area contributed by atoms with Gasteiger partial charge in [-0.15, -0.1) is 0 Å². The summed E-state index contributed by atoms with van der Waals surface area (Å²) < 4.78 is 41.2.